The van der Waals surface area contributed by atoms with Crippen molar-refractivity contribution in [2.45, 2.75) is 58.8 Å². The van der Waals surface area contributed by atoms with Crippen molar-refractivity contribution in [3.63, 3.8) is 0 Å². The standard InChI is InChI=1S/C28H29F3N6O3/c1-3-11-35-21-13-20(34-24(21)26(39)36(12-4-2)27(35)40)18-8-10-23(33-14-18)37(16-17-5-6-17)25(38)19-7-9-22(32-15-19)28(29,30)31/h7-10,13-15,17,34H,3-6,11-12,16H2,1-2H3. The number of carbonyl (C=O) groups excluding carboxylic acids is 1. The highest BCUT2D eigenvalue weighted by Crippen LogP contribution is 2.33. The van der Waals surface area contributed by atoms with Gasteiger partial charge in [0.1, 0.15) is 17.0 Å². The van der Waals surface area contributed by atoms with Gasteiger partial charge >= 0.3 is 11.9 Å². The molecule has 1 amide bonds. The molecule has 0 radical (unpaired) electrons. The highest BCUT2D eigenvalue weighted by molar-refractivity contribution is 6.05. The summed E-state index contributed by atoms with van der Waals surface area (Å²) in [6, 6.07) is 7.08. The van der Waals surface area contributed by atoms with Gasteiger partial charge in [-0.25, -0.2) is 9.78 Å². The largest absolute Gasteiger partial charge is 0.433 e. The van der Waals surface area contributed by atoms with E-state index in [4.69, 9.17) is 0 Å². The van der Waals surface area contributed by atoms with Gasteiger partial charge in [0.05, 0.1) is 11.1 Å². The van der Waals surface area contributed by atoms with Crippen LogP contribution in [-0.4, -0.2) is 36.5 Å². The Kier molecular flexibility index (Phi) is 7.35. The van der Waals surface area contributed by atoms with Crippen LogP contribution >= 0.6 is 0 Å². The second-order valence-electron chi connectivity index (χ2n) is 10.0. The van der Waals surface area contributed by atoms with Crippen molar-refractivity contribution in [2.24, 2.45) is 5.92 Å². The maximum atomic E-state index is 13.3. The van der Waals surface area contributed by atoms with Crippen LogP contribution in [0.15, 0.2) is 52.3 Å². The Hall–Kier alpha value is -4.22. The topological polar surface area (TPSA) is 106 Å². The second-order valence-corrected chi connectivity index (χ2v) is 10.0. The van der Waals surface area contributed by atoms with E-state index in [1.807, 2.05) is 13.8 Å². The van der Waals surface area contributed by atoms with Gasteiger partial charge in [0, 0.05) is 43.3 Å². The van der Waals surface area contributed by atoms with Crippen LogP contribution in [0, 0.1) is 5.92 Å². The number of nitrogens with one attached hydrogen (secondary N) is 1. The van der Waals surface area contributed by atoms with E-state index in [0.29, 0.717) is 60.1 Å². The van der Waals surface area contributed by atoms with E-state index in [1.165, 1.54) is 9.47 Å². The molecule has 4 aromatic rings. The number of pyridine rings is 2. The predicted molar refractivity (Wildman–Crippen MR) is 144 cm³/mol. The van der Waals surface area contributed by atoms with Crippen molar-refractivity contribution in [1.82, 2.24) is 24.1 Å². The number of alkyl halides is 3. The zero-order chi connectivity index (χ0) is 28.6. The Labute approximate surface area is 227 Å². The molecule has 0 bridgehead atoms. The summed E-state index contributed by atoms with van der Waals surface area (Å²) in [6.07, 6.45) is 1.17. The Bertz CT molecular complexity index is 1650. The third kappa shape index (κ3) is 5.30. The minimum absolute atomic E-state index is 0.0346. The van der Waals surface area contributed by atoms with E-state index in [-0.39, 0.29) is 16.8 Å². The summed E-state index contributed by atoms with van der Waals surface area (Å²) in [5.74, 6) is 0.158. The summed E-state index contributed by atoms with van der Waals surface area (Å²) in [5, 5.41) is 0. The van der Waals surface area contributed by atoms with Gasteiger partial charge in [0.25, 0.3) is 11.5 Å². The molecule has 1 fully saturated rings. The average Bonchev–Trinajstić information content (AvgIpc) is 3.66. The molecule has 1 aliphatic rings. The number of aromatic amines is 1. The van der Waals surface area contributed by atoms with Gasteiger partial charge < -0.3 is 4.98 Å². The summed E-state index contributed by atoms with van der Waals surface area (Å²) in [7, 11) is 0. The summed E-state index contributed by atoms with van der Waals surface area (Å²) >= 11 is 0. The van der Waals surface area contributed by atoms with Gasteiger partial charge in [-0.05, 0) is 61.9 Å². The maximum Gasteiger partial charge on any atom is 0.433 e. The second kappa shape index (κ2) is 10.7. The number of fused-ring (bicyclic) bond motifs is 1. The van der Waals surface area contributed by atoms with Crippen molar-refractivity contribution < 1.29 is 18.0 Å². The van der Waals surface area contributed by atoms with E-state index in [9.17, 15) is 27.6 Å². The van der Waals surface area contributed by atoms with Crippen molar-refractivity contribution >= 4 is 22.8 Å². The first-order valence-corrected chi connectivity index (χ1v) is 13.3. The molecule has 210 valence electrons. The van der Waals surface area contributed by atoms with Gasteiger partial charge in [0.15, 0.2) is 0 Å². The molecule has 4 heterocycles. The molecule has 1 saturated carbocycles. The molecule has 0 aliphatic heterocycles. The number of aromatic nitrogens is 5. The van der Waals surface area contributed by atoms with Gasteiger partial charge in [-0.2, -0.15) is 13.2 Å². The van der Waals surface area contributed by atoms with Crippen LogP contribution in [0.4, 0.5) is 19.0 Å². The minimum atomic E-state index is -4.59. The third-order valence-electron chi connectivity index (χ3n) is 6.92. The fourth-order valence-electron chi connectivity index (χ4n) is 4.69. The first-order chi connectivity index (χ1) is 19.1. The molecule has 0 unspecified atom stereocenters. The fraction of sp³-hybridized carbons (Fsp3) is 0.393. The molecule has 0 spiro atoms. The number of rotatable bonds is 9. The molecule has 0 aromatic carbocycles. The molecule has 1 N–H and O–H groups in total. The molecule has 5 rings (SSSR count). The Morgan fingerprint density at radius 1 is 1.02 bits per heavy atom. The van der Waals surface area contributed by atoms with E-state index in [2.05, 4.69) is 15.0 Å². The number of carbonyl (C=O) groups is 1. The van der Waals surface area contributed by atoms with Gasteiger partial charge in [0.2, 0.25) is 0 Å². The summed E-state index contributed by atoms with van der Waals surface area (Å²) in [5.41, 5.74) is 0.341. The Balaban J connectivity index is 1.48. The van der Waals surface area contributed by atoms with E-state index in [0.717, 1.165) is 37.6 Å². The summed E-state index contributed by atoms with van der Waals surface area (Å²) in [6.45, 7) is 5.03. The van der Waals surface area contributed by atoms with Crippen molar-refractivity contribution in [2.75, 3.05) is 11.4 Å². The quantitative estimate of drug-likeness (QED) is 0.319. The smallest absolute Gasteiger partial charge is 0.349 e. The van der Waals surface area contributed by atoms with Crippen molar-refractivity contribution in [1.29, 1.82) is 0 Å². The van der Waals surface area contributed by atoms with Gasteiger partial charge in [-0.3, -0.25) is 28.6 Å². The SMILES string of the molecule is CCCn1c(=O)c2[nH]c(-c3ccc(N(CC4CC4)C(=O)c4ccc(C(F)(F)F)nc4)nc3)cc2n(CCC)c1=O. The lowest BCUT2D eigenvalue weighted by Gasteiger charge is -2.22. The van der Waals surface area contributed by atoms with E-state index < -0.39 is 17.8 Å². The molecule has 40 heavy (non-hydrogen) atoms. The predicted octanol–water partition coefficient (Wildman–Crippen LogP) is 4.84. The van der Waals surface area contributed by atoms with Crippen LogP contribution < -0.4 is 16.1 Å². The maximum absolute atomic E-state index is 13.3. The first-order valence-electron chi connectivity index (χ1n) is 13.3. The molecular weight excluding hydrogens is 525 g/mol. The molecule has 4 aromatic heterocycles. The molecule has 0 atom stereocenters. The van der Waals surface area contributed by atoms with Crippen LogP contribution in [0.1, 0.15) is 55.6 Å². The lowest BCUT2D eigenvalue weighted by atomic mass is 10.2. The van der Waals surface area contributed by atoms with Crippen LogP contribution in [0.25, 0.3) is 22.3 Å². The number of anilines is 1. The number of amides is 1. The average molecular weight is 555 g/mol. The number of H-pyrrole nitrogens is 1. The van der Waals surface area contributed by atoms with Crippen LogP contribution in [0.2, 0.25) is 0 Å². The lowest BCUT2D eigenvalue weighted by Crippen LogP contribution is -2.39. The zero-order valence-corrected chi connectivity index (χ0v) is 22.2. The van der Waals surface area contributed by atoms with Crippen molar-refractivity contribution in [3.05, 3.63) is 74.8 Å². The zero-order valence-electron chi connectivity index (χ0n) is 22.2. The summed E-state index contributed by atoms with van der Waals surface area (Å²) in [4.78, 5) is 51.9. The first kappa shape index (κ1) is 27.4. The van der Waals surface area contributed by atoms with E-state index in [1.54, 1.807) is 29.0 Å². The normalized spacial score (nSPS) is 13.6. The number of hydrogen-bond acceptors (Lipinski definition) is 5. The fourth-order valence-corrected chi connectivity index (χ4v) is 4.69. The van der Waals surface area contributed by atoms with E-state index >= 15 is 0 Å². The number of aryl methyl sites for hydroxylation is 1. The van der Waals surface area contributed by atoms with Crippen LogP contribution in [-0.2, 0) is 19.3 Å². The molecule has 9 nitrogen and oxygen atoms in total. The summed E-state index contributed by atoms with van der Waals surface area (Å²) < 4.78 is 41.6. The number of hydrogen-bond donors (Lipinski definition) is 1. The highest BCUT2D eigenvalue weighted by atomic mass is 19.4. The monoisotopic (exact) mass is 554 g/mol. The number of halogens is 3. The molecule has 0 saturated heterocycles. The third-order valence-corrected chi connectivity index (χ3v) is 6.92. The highest BCUT2D eigenvalue weighted by Gasteiger charge is 2.33. The molecule has 1 aliphatic carbocycles. The van der Waals surface area contributed by atoms with Gasteiger partial charge in [-0.1, -0.05) is 13.8 Å². The van der Waals surface area contributed by atoms with Crippen molar-refractivity contribution in [3.8, 4) is 11.3 Å². The minimum Gasteiger partial charge on any atom is -0.349 e. The Morgan fingerprint density at radius 2 is 1.75 bits per heavy atom. The molecule has 12 heteroatoms. The molecular formula is C28H29F3N6O3. The van der Waals surface area contributed by atoms with Crippen LogP contribution in [0.3, 0.4) is 0 Å². The van der Waals surface area contributed by atoms with Crippen LogP contribution in [0.5, 0.6) is 0 Å². The number of nitrogens with zero attached hydrogens (tertiary/aromatic N) is 5. The lowest BCUT2D eigenvalue weighted by molar-refractivity contribution is -0.141. The van der Waals surface area contributed by atoms with Gasteiger partial charge in [-0.15, -0.1) is 0 Å². The Morgan fingerprint density at radius 3 is 2.33 bits per heavy atom.